The Hall–Kier alpha value is -3.12. The minimum atomic E-state index is -0.254. The van der Waals surface area contributed by atoms with Gasteiger partial charge in [0, 0.05) is 16.1 Å². The second-order valence-corrected chi connectivity index (χ2v) is 7.85. The first-order valence-corrected chi connectivity index (χ1v) is 10.2. The fourth-order valence-electron chi connectivity index (χ4n) is 3.10. The van der Waals surface area contributed by atoms with Gasteiger partial charge in [0.2, 0.25) is 5.91 Å². The van der Waals surface area contributed by atoms with Crippen LogP contribution < -0.4 is 15.0 Å². The van der Waals surface area contributed by atoms with Gasteiger partial charge in [0.05, 0.1) is 20.2 Å². The summed E-state index contributed by atoms with van der Waals surface area (Å²) >= 11 is 1.59. The lowest BCUT2D eigenvalue weighted by Crippen LogP contribution is -2.40. The zero-order valence-corrected chi connectivity index (χ0v) is 17.6. The van der Waals surface area contributed by atoms with E-state index in [0.29, 0.717) is 12.1 Å². The van der Waals surface area contributed by atoms with Crippen LogP contribution >= 0.6 is 11.3 Å². The van der Waals surface area contributed by atoms with Gasteiger partial charge in [-0.25, -0.2) is 0 Å². The van der Waals surface area contributed by atoms with Gasteiger partial charge in [0.1, 0.15) is 5.75 Å². The Bertz CT molecular complexity index is 962. The van der Waals surface area contributed by atoms with Gasteiger partial charge in [-0.2, -0.15) is 0 Å². The summed E-state index contributed by atoms with van der Waals surface area (Å²) in [6.45, 7) is 4.26. The molecular weight excluding hydrogens is 384 g/mol. The van der Waals surface area contributed by atoms with E-state index in [1.54, 1.807) is 23.3 Å². The molecule has 150 valence electrons. The molecule has 0 spiro atoms. The number of carbonyl (C=O) groups is 2. The molecule has 0 bridgehead atoms. The smallest absolute Gasteiger partial charge is 0.251 e. The van der Waals surface area contributed by atoms with Crippen molar-refractivity contribution in [1.29, 1.82) is 0 Å². The van der Waals surface area contributed by atoms with Crippen molar-refractivity contribution in [3.8, 4) is 5.75 Å². The third-order valence-corrected chi connectivity index (χ3v) is 5.32. The molecule has 5 nitrogen and oxygen atoms in total. The average Bonchev–Trinajstić information content (AvgIpc) is 3.22. The molecule has 0 aliphatic heterocycles. The molecule has 3 rings (SSSR count). The van der Waals surface area contributed by atoms with E-state index in [2.05, 4.69) is 5.32 Å². The molecule has 1 aromatic heterocycles. The molecule has 0 aliphatic rings. The van der Waals surface area contributed by atoms with Crippen LogP contribution in [-0.4, -0.2) is 25.5 Å². The van der Waals surface area contributed by atoms with E-state index >= 15 is 0 Å². The van der Waals surface area contributed by atoms with Gasteiger partial charge in [-0.05, 0) is 61.7 Å². The zero-order chi connectivity index (χ0) is 20.8. The highest BCUT2D eigenvalue weighted by atomic mass is 32.1. The summed E-state index contributed by atoms with van der Waals surface area (Å²) in [5.74, 6) is 0.289. The third kappa shape index (κ3) is 5.45. The highest BCUT2D eigenvalue weighted by Gasteiger charge is 2.18. The average molecular weight is 409 g/mol. The van der Waals surface area contributed by atoms with Crippen molar-refractivity contribution in [1.82, 2.24) is 5.32 Å². The van der Waals surface area contributed by atoms with E-state index < -0.39 is 0 Å². The number of rotatable bonds is 7. The number of amides is 2. The lowest BCUT2D eigenvalue weighted by atomic mass is 10.1. The standard InChI is InChI=1S/C23H24N2O3S/c1-16-11-17(2)13-18(12-16)23(27)24-14-22(26)25(15-21-5-4-10-29-21)19-6-8-20(28-3)9-7-19/h4-13H,14-15H2,1-3H3,(H,24,27). The Morgan fingerprint density at radius 2 is 1.72 bits per heavy atom. The number of benzene rings is 2. The van der Waals surface area contributed by atoms with Crippen molar-refractivity contribution in [3.05, 3.63) is 81.5 Å². The number of methoxy groups -OCH3 is 1. The SMILES string of the molecule is COc1ccc(N(Cc2cccs2)C(=O)CNC(=O)c2cc(C)cc(C)c2)cc1. The van der Waals surface area contributed by atoms with Crippen LogP contribution in [0.25, 0.3) is 0 Å². The van der Waals surface area contributed by atoms with Crippen LogP contribution in [0.2, 0.25) is 0 Å². The molecule has 0 saturated heterocycles. The fourth-order valence-corrected chi connectivity index (χ4v) is 3.80. The molecule has 3 aromatic rings. The quantitative estimate of drug-likeness (QED) is 0.633. The molecule has 1 heterocycles. The van der Waals surface area contributed by atoms with Gasteiger partial charge in [0.15, 0.2) is 0 Å². The second-order valence-electron chi connectivity index (χ2n) is 6.82. The molecule has 0 fully saturated rings. The number of carbonyl (C=O) groups excluding carboxylic acids is 2. The van der Waals surface area contributed by atoms with Crippen LogP contribution in [0.4, 0.5) is 5.69 Å². The molecule has 0 aliphatic carbocycles. The number of anilines is 1. The number of thiophene rings is 1. The maximum Gasteiger partial charge on any atom is 0.251 e. The van der Waals surface area contributed by atoms with Crippen molar-refractivity contribution in [2.24, 2.45) is 0 Å². The predicted molar refractivity (Wildman–Crippen MR) is 117 cm³/mol. The van der Waals surface area contributed by atoms with Gasteiger partial charge in [0.25, 0.3) is 5.91 Å². The second kappa shape index (κ2) is 9.39. The topological polar surface area (TPSA) is 58.6 Å². The molecule has 2 amide bonds. The third-order valence-electron chi connectivity index (χ3n) is 4.46. The van der Waals surface area contributed by atoms with Gasteiger partial charge in [-0.1, -0.05) is 23.3 Å². The van der Waals surface area contributed by atoms with Crippen molar-refractivity contribution in [3.63, 3.8) is 0 Å². The van der Waals surface area contributed by atoms with E-state index in [1.165, 1.54) is 0 Å². The summed E-state index contributed by atoms with van der Waals surface area (Å²) in [6, 6.07) is 16.9. The Morgan fingerprint density at radius 1 is 1.03 bits per heavy atom. The number of nitrogens with one attached hydrogen (secondary N) is 1. The Kier molecular flexibility index (Phi) is 6.67. The molecule has 1 N–H and O–H groups in total. The van der Waals surface area contributed by atoms with Crippen LogP contribution in [0.1, 0.15) is 26.4 Å². The molecular formula is C23H24N2O3S. The van der Waals surface area contributed by atoms with Crippen molar-refractivity contribution >= 4 is 28.8 Å². The van der Waals surface area contributed by atoms with Gasteiger partial charge in [-0.3, -0.25) is 9.59 Å². The first-order valence-electron chi connectivity index (χ1n) is 9.29. The number of nitrogens with zero attached hydrogens (tertiary/aromatic N) is 1. The summed E-state index contributed by atoms with van der Waals surface area (Å²) in [5, 5.41) is 4.73. The Labute approximate surface area is 174 Å². The largest absolute Gasteiger partial charge is 0.497 e. The maximum absolute atomic E-state index is 13.0. The van der Waals surface area contributed by atoms with Crippen molar-refractivity contribution in [2.45, 2.75) is 20.4 Å². The van der Waals surface area contributed by atoms with Crippen LogP contribution in [0.5, 0.6) is 5.75 Å². The normalized spacial score (nSPS) is 10.4. The van der Waals surface area contributed by atoms with E-state index in [0.717, 1.165) is 27.4 Å². The summed E-state index contributed by atoms with van der Waals surface area (Å²) in [5.41, 5.74) is 3.34. The Balaban J connectivity index is 1.74. The number of ether oxygens (including phenoxy) is 1. The van der Waals surface area contributed by atoms with E-state index in [4.69, 9.17) is 4.74 Å². The highest BCUT2D eigenvalue weighted by molar-refractivity contribution is 7.09. The Morgan fingerprint density at radius 3 is 2.31 bits per heavy atom. The first kappa shape index (κ1) is 20.6. The summed E-state index contributed by atoms with van der Waals surface area (Å²) in [7, 11) is 1.60. The first-order chi connectivity index (χ1) is 14.0. The maximum atomic E-state index is 13.0. The molecule has 29 heavy (non-hydrogen) atoms. The lowest BCUT2D eigenvalue weighted by Gasteiger charge is -2.23. The van der Waals surface area contributed by atoms with Crippen LogP contribution in [0.3, 0.4) is 0 Å². The fraction of sp³-hybridized carbons (Fsp3) is 0.217. The molecule has 0 radical (unpaired) electrons. The van der Waals surface area contributed by atoms with E-state index in [1.807, 2.05) is 73.8 Å². The van der Waals surface area contributed by atoms with E-state index in [-0.39, 0.29) is 18.4 Å². The van der Waals surface area contributed by atoms with Gasteiger partial charge >= 0.3 is 0 Å². The van der Waals surface area contributed by atoms with Crippen molar-refractivity contribution < 1.29 is 14.3 Å². The van der Waals surface area contributed by atoms with Crippen LogP contribution in [0.15, 0.2) is 60.0 Å². The minimum Gasteiger partial charge on any atom is -0.497 e. The minimum absolute atomic E-state index is 0.0801. The van der Waals surface area contributed by atoms with Crippen LogP contribution in [-0.2, 0) is 11.3 Å². The monoisotopic (exact) mass is 408 g/mol. The highest BCUT2D eigenvalue weighted by Crippen LogP contribution is 2.23. The van der Waals surface area contributed by atoms with Gasteiger partial charge < -0.3 is 15.0 Å². The predicted octanol–water partition coefficient (Wildman–Crippen LogP) is 4.34. The molecule has 2 aromatic carbocycles. The van der Waals surface area contributed by atoms with Crippen LogP contribution in [0, 0.1) is 13.8 Å². The molecule has 0 unspecified atom stereocenters. The van der Waals surface area contributed by atoms with E-state index in [9.17, 15) is 9.59 Å². The van der Waals surface area contributed by atoms with Gasteiger partial charge in [-0.15, -0.1) is 11.3 Å². The number of hydrogen-bond acceptors (Lipinski definition) is 4. The summed E-state index contributed by atoms with van der Waals surface area (Å²) in [4.78, 5) is 28.2. The lowest BCUT2D eigenvalue weighted by molar-refractivity contribution is -0.117. The number of aryl methyl sites for hydroxylation is 2. The van der Waals surface area contributed by atoms with Crippen molar-refractivity contribution in [2.75, 3.05) is 18.6 Å². The summed E-state index contributed by atoms with van der Waals surface area (Å²) in [6.07, 6.45) is 0. The molecule has 0 saturated carbocycles. The summed E-state index contributed by atoms with van der Waals surface area (Å²) < 4.78 is 5.20. The zero-order valence-electron chi connectivity index (χ0n) is 16.8. The number of hydrogen-bond donors (Lipinski definition) is 1. The molecule has 0 atom stereocenters. The molecule has 6 heteroatoms.